The van der Waals surface area contributed by atoms with E-state index < -0.39 is 10.0 Å². The first-order valence-electron chi connectivity index (χ1n) is 10.9. The van der Waals surface area contributed by atoms with Gasteiger partial charge in [-0.1, -0.05) is 40.6 Å². The first-order chi connectivity index (χ1) is 16.7. The lowest BCUT2D eigenvalue weighted by molar-refractivity contribution is -0.120. The second kappa shape index (κ2) is 9.51. The minimum atomic E-state index is -3.63. The van der Waals surface area contributed by atoms with E-state index in [0.717, 1.165) is 10.4 Å². The van der Waals surface area contributed by atoms with Crippen LogP contribution in [0.2, 0.25) is 10.0 Å². The van der Waals surface area contributed by atoms with E-state index in [-0.39, 0.29) is 29.8 Å². The Hall–Kier alpha value is -2.50. The first-order valence-corrected chi connectivity index (χ1v) is 13.9. The summed E-state index contributed by atoms with van der Waals surface area (Å²) in [4.78, 5) is 17.9. The molecule has 0 bridgehead atoms. The highest BCUT2D eigenvalue weighted by Gasteiger charge is 2.32. The molecule has 0 radical (unpaired) electrons. The molecule has 0 unspecified atom stereocenters. The number of anilines is 1. The minimum Gasteiger partial charge on any atom is -0.310 e. The zero-order valence-corrected chi connectivity index (χ0v) is 21.8. The number of hydrogen-bond donors (Lipinski definition) is 1. The molecule has 1 fully saturated rings. The normalized spacial score (nSPS) is 15.5. The maximum Gasteiger partial charge on any atom is 0.243 e. The van der Waals surface area contributed by atoms with Crippen molar-refractivity contribution in [2.24, 2.45) is 5.92 Å². The van der Waals surface area contributed by atoms with Crippen LogP contribution in [0.3, 0.4) is 0 Å². The second-order valence-electron chi connectivity index (χ2n) is 8.29. The molecule has 35 heavy (non-hydrogen) atoms. The Balaban J connectivity index is 1.29. The number of piperidine rings is 1. The van der Waals surface area contributed by atoms with Crippen LogP contribution in [0.1, 0.15) is 18.5 Å². The number of nitrogens with one attached hydrogen (secondary N) is 1. The summed E-state index contributed by atoms with van der Waals surface area (Å²) >= 11 is 13.6. The van der Waals surface area contributed by atoms with Crippen molar-refractivity contribution in [3.8, 4) is 5.13 Å². The summed E-state index contributed by atoms with van der Waals surface area (Å²) < 4.78 is 29.8. The summed E-state index contributed by atoms with van der Waals surface area (Å²) in [5.41, 5.74) is 1.42. The minimum absolute atomic E-state index is 0.172. The van der Waals surface area contributed by atoms with Crippen molar-refractivity contribution >= 4 is 66.5 Å². The Morgan fingerprint density at radius 3 is 2.51 bits per heavy atom. The molecule has 4 aromatic rings. The number of benzene rings is 2. The maximum absolute atomic E-state index is 13.1. The van der Waals surface area contributed by atoms with Gasteiger partial charge >= 0.3 is 0 Å². The van der Waals surface area contributed by atoms with E-state index in [1.165, 1.54) is 27.8 Å². The Morgan fingerprint density at radius 1 is 1.11 bits per heavy atom. The molecule has 2 aromatic heterocycles. The van der Waals surface area contributed by atoms with Gasteiger partial charge in [0.25, 0.3) is 0 Å². The van der Waals surface area contributed by atoms with Gasteiger partial charge in [-0.25, -0.2) is 13.4 Å². The average molecular weight is 550 g/mol. The third-order valence-corrected chi connectivity index (χ3v) is 9.36. The Morgan fingerprint density at radius 2 is 1.83 bits per heavy atom. The lowest BCUT2D eigenvalue weighted by atomic mass is 9.97. The van der Waals surface area contributed by atoms with Crippen molar-refractivity contribution in [2.45, 2.75) is 24.7 Å². The fourth-order valence-corrected chi connectivity index (χ4v) is 6.90. The van der Waals surface area contributed by atoms with Crippen LogP contribution in [0.4, 0.5) is 5.82 Å². The predicted octanol–water partition coefficient (Wildman–Crippen LogP) is 5.14. The molecule has 1 amide bonds. The van der Waals surface area contributed by atoms with Crippen molar-refractivity contribution in [3.05, 3.63) is 64.3 Å². The van der Waals surface area contributed by atoms with Crippen molar-refractivity contribution in [2.75, 3.05) is 18.4 Å². The predicted molar refractivity (Wildman–Crippen MR) is 138 cm³/mol. The molecule has 8 nitrogen and oxygen atoms in total. The highest BCUT2D eigenvalue weighted by atomic mass is 35.5. The quantitative estimate of drug-likeness (QED) is 0.371. The molecule has 2 aromatic carbocycles. The maximum atomic E-state index is 13.1. The van der Waals surface area contributed by atoms with Crippen LogP contribution in [-0.4, -0.2) is 46.5 Å². The molecule has 1 aliphatic rings. The number of carbonyl (C=O) groups is 1. The number of rotatable bonds is 5. The molecule has 1 saturated heterocycles. The van der Waals surface area contributed by atoms with Crippen LogP contribution in [0.25, 0.3) is 15.3 Å². The van der Waals surface area contributed by atoms with Crippen LogP contribution >= 0.6 is 34.5 Å². The fraction of sp³-hybridized carbons (Fsp3) is 0.261. The van der Waals surface area contributed by atoms with Gasteiger partial charge in [-0.05, 0) is 56.2 Å². The smallest absolute Gasteiger partial charge is 0.243 e. The van der Waals surface area contributed by atoms with Gasteiger partial charge in [0.15, 0.2) is 0 Å². The van der Waals surface area contributed by atoms with Crippen LogP contribution in [0.5, 0.6) is 0 Å². The van der Waals surface area contributed by atoms with Crippen LogP contribution < -0.4 is 5.32 Å². The zero-order chi connectivity index (χ0) is 24.7. The van der Waals surface area contributed by atoms with Gasteiger partial charge in [-0.2, -0.15) is 14.1 Å². The van der Waals surface area contributed by atoms with Gasteiger partial charge in [0.05, 0.1) is 20.3 Å². The van der Waals surface area contributed by atoms with Crippen molar-refractivity contribution in [1.29, 1.82) is 0 Å². The summed E-state index contributed by atoms with van der Waals surface area (Å²) in [5, 5.41) is 9.09. The Bertz CT molecular complexity index is 1510. The van der Waals surface area contributed by atoms with E-state index in [1.807, 2.05) is 19.1 Å². The van der Waals surface area contributed by atoms with E-state index in [2.05, 4.69) is 15.4 Å². The van der Waals surface area contributed by atoms with Crippen molar-refractivity contribution in [3.63, 3.8) is 0 Å². The highest BCUT2D eigenvalue weighted by Crippen LogP contribution is 2.32. The molecular weight excluding hydrogens is 529 g/mol. The largest absolute Gasteiger partial charge is 0.310 e. The molecule has 0 aliphatic carbocycles. The van der Waals surface area contributed by atoms with E-state index in [0.29, 0.717) is 39.4 Å². The van der Waals surface area contributed by atoms with Crippen molar-refractivity contribution < 1.29 is 13.2 Å². The number of nitrogens with zero attached hydrogens (tertiary/aromatic N) is 4. The van der Waals surface area contributed by atoms with Crippen molar-refractivity contribution in [1.82, 2.24) is 19.1 Å². The number of thiazole rings is 1. The number of amides is 1. The summed E-state index contributed by atoms with van der Waals surface area (Å²) in [5.74, 6) is 0.0212. The van der Waals surface area contributed by atoms with Gasteiger partial charge in [0.2, 0.25) is 21.1 Å². The Labute approximate surface area is 216 Å². The van der Waals surface area contributed by atoms with Crippen LogP contribution in [0, 0.1) is 12.8 Å². The summed E-state index contributed by atoms with van der Waals surface area (Å²) in [6.45, 7) is 2.36. The topological polar surface area (TPSA) is 97.2 Å². The zero-order valence-electron chi connectivity index (χ0n) is 18.6. The molecule has 1 N–H and O–H groups in total. The number of halogens is 2. The molecule has 12 heteroatoms. The lowest BCUT2D eigenvalue weighted by Crippen LogP contribution is -2.41. The van der Waals surface area contributed by atoms with E-state index >= 15 is 0 Å². The molecule has 0 spiro atoms. The summed E-state index contributed by atoms with van der Waals surface area (Å²) in [6, 6.07) is 13.5. The molecule has 5 rings (SSSR count). The number of aromatic nitrogens is 3. The van der Waals surface area contributed by atoms with E-state index in [1.54, 1.807) is 28.9 Å². The first kappa shape index (κ1) is 24.2. The number of para-hydroxylation sites is 1. The van der Waals surface area contributed by atoms with E-state index in [4.69, 9.17) is 23.2 Å². The monoisotopic (exact) mass is 549 g/mol. The van der Waals surface area contributed by atoms with Gasteiger partial charge < -0.3 is 5.32 Å². The molecule has 0 atom stereocenters. The molecule has 3 heterocycles. The average Bonchev–Trinajstić information content (AvgIpc) is 3.43. The molecular formula is C23H21Cl2N5O3S2. The SMILES string of the molecule is Cc1cc(NC(=O)C2CCN(S(=O)(=O)c3ccc(Cl)cc3)CC2)n(-c2nc3c(Cl)cccc3s2)n1. The van der Waals surface area contributed by atoms with Gasteiger partial charge in [0, 0.05) is 30.1 Å². The second-order valence-corrected chi connectivity index (χ2v) is 12.1. The highest BCUT2D eigenvalue weighted by molar-refractivity contribution is 7.89. The number of hydrogen-bond acceptors (Lipinski definition) is 6. The number of carbonyl (C=O) groups excluding carboxylic acids is 1. The molecule has 182 valence electrons. The molecule has 0 saturated carbocycles. The van der Waals surface area contributed by atoms with E-state index in [9.17, 15) is 13.2 Å². The third kappa shape index (κ3) is 4.81. The fourth-order valence-electron chi connectivity index (χ4n) is 4.07. The molecule has 1 aliphatic heterocycles. The third-order valence-electron chi connectivity index (χ3n) is 5.90. The van der Waals surface area contributed by atoms with Crippen LogP contribution in [0.15, 0.2) is 53.4 Å². The van der Waals surface area contributed by atoms with Crippen LogP contribution in [-0.2, 0) is 14.8 Å². The lowest BCUT2D eigenvalue weighted by Gasteiger charge is -2.30. The van der Waals surface area contributed by atoms with Gasteiger partial charge in [-0.15, -0.1) is 0 Å². The van der Waals surface area contributed by atoms with Gasteiger partial charge in [-0.3, -0.25) is 4.79 Å². The Kier molecular flexibility index (Phi) is 6.58. The van der Waals surface area contributed by atoms with Gasteiger partial charge in [0.1, 0.15) is 11.3 Å². The number of aryl methyl sites for hydroxylation is 1. The number of fused-ring (bicyclic) bond motifs is 1. The number of sulfonamides is 1. The summed E-state index contributed by atoms with van der Waals surface area (Å²) in [7, 11) is -3.63. The summed E-state index contributed by atoms with van der Waals surface area (Å²) in [6.07, 6.45) is 0.838. The standard InChI is InChI=1S/C23H21Cl2N5O3S2/c1-14-13-20(30(28-14)23-27-21-18(25)3-2-4-19(21)34-23)26-22(31)15-9-11-29(12-10-15)35(32,33)17-7-5-16(24)6-8-17/h2-8,13,15H,9-12H2,1H3,(H,26,31).